The first-order chi connectivity index (χ1) is 20.6. The fraction of sp³-hybridized carbons (Fsp3) is 0.364. The third-order valence-electron chi connectivity index (χ3n) is 7.84. The highest BCUT2D eigenvalue weighted by Gasteiger charge is 2.61. The molecule has 1 aliphatic heterocycles. The van der Waals surface area contributed by atoms with Crippen LogP contribution in [0.1, 0.15) is 54.6 Å². The summed E-state index contributed by atoms with van der Waals surface area (Å²) in [5, 5.41) is 17.0. The van der Waals surface area contributed by atoms with Crippen LogP contribution in [0.25, 0.3) is 0 Å². The third kappa shape index (κ3) is 6.25. The van der Waals surface area contributed by atoms with Crippen LogP contribution in [0.5, 0.6) is 5.75 Å². The van der Waals surface area contributed by atoms with Gasteiger partial charge in [0.2, 0.25) is 5.91 Å². The second kappa shape index (κ2) is 12.7. The SMILES string of the molecule is COc1cc(C(=O)N(C)C)ccc1NC(=O)[C@@H]1N[C@@H](CC(C)(C)C)[C@](C#N)(c2ccc(Cl)cc2F)[C@H]1c1cccc(Cl)c1F. The van der Waals surface area contributed by atoms with Crippen LogP contribution >= 0.6 is 23.2 Å². The molecule has 1 saturated heterocycles. The Hall–Kier alpha value is -3.71. The molecule has 11 heteroatoms. The lowest BCUT2D eigenvalue weighted by atomic mass is 9.62. The normalized spacial score (nSPS) is 21.4. The zero-order valence-electron chi connectivity index (χ0n) is 25.3. The highest BCUT2D eigenvalue weighted by molar-refractivity contribution is 6.31. The number of benzene rings is 3. The largest absolute Gasteiger partial charge is 0.495 e. The van der Waals surface area contributed by atoms with Crippen LogP contribution in [0.15, 0.2) is 54.6 Å². The summed E-state index contributed by atoms with van der Waals surface area (Å²) in [6.07, 6.45) is 0.329. The molecule has 44 heavy (non-hydrogen) atoms. The van der Waals surface area contributed by atoms with Gasteiger partial charge >= 0.3 is 0 Å². The number of ether oxygens (including phenoxy) is 1. The zero-order valence-corrected chi connectivity index (χ0v) is 26.8. The van der Waals surface area contributed by atoms with Crippen LogP contribution in [-0.4, -0.2) is 50.0 Å². The number of methoxy groups -OCH3 is 1. The van der Waals surface area contributed by atoms with E-state index in [0.717, 1.165) is 6.07 Å². The van der Waals surface area contributed by atoms with Crippen molar-refractivity contribution in [3.8, 4) is 11.8 Å². The Kier molecular flexibility index (Phi) is 9.60. The van der Waals surface area contributed by atoms with Crippen LogP contribution in [-0.2, 0) is 10.2 Å². The highest BCUT2D eigenvalue weighted by atomic mass is 35.5. The number of nitrogens with one attached hydrogen (secondary N) is 2. The van der Waals surface area contributed by atoms with Crippen molar-refractivity contribution in [3.63, 3.8) is 0 Å². The molecule has 232 valence electrons. The highest BCUT2D eigenvalue weighted by Crippen LogP contribution is 2.53. The summed E-state index contributed by atoms with van der Waals surface area (Å²) in [7, 11) is 4.63. The molecule has 4 atom stereocenters. The van der Waals surface area contributed by atoms with Gasteiger partial charge in [-0.2, -0.15) is 5.26 Å². The average molecular weight is 644 g/mol. The molecule has 0 saturated carbocycles. The molecule has 0 unspecified atom stereocenters. The zero-order chi connectivity index (χ0) is 32.6. The monoisotopic (exact) mass is 642 g/mol. The van der Waals surface area contributed by atoms with Gasteiger partial charge in [0, 0.05) is 42.2 Å². The molecule has 0 bridgehead atoms. The topological polar surface area (TPSA) is 94.5 Å². The van der Waals surface area contributed by atoms with Crippen LogP contribution in [0.3, 0.4) is 0 Å². The fourth-order valence-corrected chi connectivity index (χ4v) is 6.29. The van der Waals surface area contributed by atoms with Crippen molar-refractivity contribution in [3.05, 3.63) is 93.0 Å². The number of nitriles is 1. The molecule has 4 rings (SSSR count). The average Bonchev–Trinajstić information content (AvgIpc) is 3.27. The molecule has 7 nitrogen and oxygen atoms in total. The minimum atomic E-state index is -1.76. The summed E-state index contributed by atoms with van der Waals surface area (Å²) in [6.45, 7) is 5.87. The quantitative estimate of drug-likeness (QED) is 0.291. The summed E-state index contributed by atoms with van der Waals surface area (Å²) in [6, 6.07) is 13.2. The Morgan fingerprint density at radius 3 is 2.41 bits per heavy atom. The number of nitrogens with zero attached hydrogens (tertiary/aromatic N) is 2. The summed E-state index contributed by atoms with van der Waals surface area (Å²) >= 11 is 12.3. The summed E-state index contributed by atoms with van der Waals surface area (Å²) in [4.78, 5) is 28.1. The van der Waals surface area contributed by atoms with E-state index < -0.39 is 41.0 Å². The maximum absolute atomic E-state index is 15.9. The first kappa shape index (κ1) is 33.2. The van der Waals surface area contributed by atoms with E-state index in [1.165, 1.54) is 54.5 Å². The number of amides is 2. The molecule has 1 aliphatic rings. The van der Waals surface area contributed by atoms with Crippen LogP contribution in [0, 0.1) is 28.4 Å². The lowest BCUT2D eigenvalue weighted by Gasteiger charge is -2.37. The minimum absolute atomic E-state index is 0.0173. The Balaban J connectivity index is 1.92. The smallest absolute Gasteiger partial charge is 0.253 e. The maximum atomic E-state index is 15.9. The van der Waals surface area contributed by atoms with Gasteiger partial charge in [0.25, 0.3) is 5.91 Å². The van der Waals surface area contributed by atoms with E-state index >= 15 is 8.78 Å². The maximum Gasteiger partial charge on any atom is 0.253 e. The van der Waals surface area contributed by atoms with E-state index in [1.54, 1.807) is 20.2 Å². The number of hydrogen-bond donors (Lipinski definition) is 2. The van der Waals surface area contributed by atoms with Crippen molar-refractivity contribution in [2.45, 2.75) is 50.6 Å². The van der Waals surface area contributed by atoms with Crippen LogP contribution < -0.4 is 15.4 Å². The van der Waals surface area contributed by atoms with Gasteiger partial charge in [-0.15, -0.1) is 0 Å². The standard InChI is InChI=1S/C33H34Cl2F2N4O3/c1-32(2,3)16-26-33(17-38,21-12-11-19(34)15-23(21)36)27(20-8-7-9-22(35)28(20)37)29(40-26)30(42)39-24-13-10-18(14-25(24)44-6)31(43)41(4)5/h7-15,26-27,29,40H,16H2,1-6H3,(H,39,42)/t26-,27-,29+,33-/m0/s1. The summed E-state index contributed by atoms with van der Waals surface area (Å²) in [5.41, 5.74) is -1.59. The van der Waals surface area contributed by atoms with Gasteiger partial charge in [0.15, 0.2) is 0 Å². The first-order valence-electron chi connectivity index (χ1n) is 13.9. The van der Waals surface area contributed by atoms with Gasteiger partial charge in [-0.3, -0.25) is 9.59 Å². The Morgan fingerprint density at radius 2 is 1.82 bits per heavy atom. The molecule has 0 spiro atoms. The fourth-order valence-electron chi connectivity index (χ4n) is 5.95. The van der Waals surface area contributed by atoms with E-state index in [4.69, 9.17) is 27.9 Å². The van der Waals surface area contributed by atoms with Gasteiger partial charge < -0.3 is 20.3 Å². The van der Waals surface area contributed by atoms with Gasteiger partial charge in [-0.25, -0.2) is 8.78 Å². The molecule has 0 aromatic heterocycles. The number of carbonyl (C=O) groups is 2. The molecule has 1 heterocycles. The molecule has 0 radical (unpaired) electrons. The second-order valence-corrected chi connectivity index (χ2v) is 13.1. The van der Waals surface area contributed by atoms with Crippen molar-refractivity contribution < 1.29 is 23.1 Å². The second-order valence-electron chi connectivity index (χ2n) is 12.3. The van der Waals surface area contributed by atoms with Crippen molar-refractivity contribution in [1.29, 1.82) is 5.26 Å². The molecule has 2 amide bonds. The van der Waals surface area contributed by atoms with Crippen LogP contribution in [0.2, 0.25) is 10.0 Å². The van der Waals surface area contributed by atoms with Crippen molar-refractivity contribution in [2.24, 2.45) is 5.41 Å². The molecular weight excluding hydrogens is 609 g/mol. The van der Waals surface area contributed by atoms with E-state index in [9.17, 15) is 14.9 Å². The van der Waals surface area contributed by atoms with Gasteiger partial charge in [-0.1, -0.05) is 62.2 Å². The van der Waals surface area contributed by atoms with Crippen LogP contribution in [0.4, 0.5) is 14.5 Å². The Bertz CT molecular complexity index is 1640. The molecule has 0 aliphatic carbocycles. The van der Waals surface area contributed by atoms with Gasteiger partial charge in [-0.05, 0) is 53.8 Å². The van der Waals surface area contributed by atoms with Gasteiger partial charge in [0.1, 0.15) is 22.8 Å². The number of halogens is 4. The third-order valence-corrected chi connectivity index (χ3v) is 8.37. The molecule has 3 aromatic carbocycles. The number of rotatable bonds is 7. The first-order valence-corrected chi connectivity index (χ1v) is 14.7. The van der Waals surface area contributed by atoms with Gasteiger partial charge in [0.05, 0.1) is 29.9 Å². The van der Waals surface area contributed by atoms with Crippen molar-refractivity contribution >= 4 is 40.7 Å². The lowest BCUT2D eigenvalue weighted by Crippen LogP contribution is -2.45. The number of hydrogen-bond acceptors (Lipinski definition) is 5. The van der Waals surface area contributed by atoms with E-state index in [-0.39, 0.29) is 43.9 Å². The predicted octanol–water partition coefficient (Wildman–Crippen LogP) is 6.94. The number of anilines is 1. The Labute approximate surface area is 266 Å². The van der Waals surface area contributed by atoms with E-state index in [2.05, 4.69) is 16.7 Å². The van der Waals surface area contributed by atoms with Crippen molar-refractivity contribution in [1.82, 2.24) is 10.2 Å². The van der Waals surface area contributed by atoms with E-state index in [0.29, 0.717) is 12.0 Å². The summed E-state index contributed by atoms with van der Waals surface area (Å²) in [5.74, 6) is -3.45. The molecule has 3 aromatic rings. The Morgan fingerprint density at radius 1 is 1.11 bits per heavy atom. The molecule has 1 fully saturated rings. The summed E-state index contributed by atoms with van der Waals surface area (Å²) < 4.78 is 37.2. The van der Waals surface area contributed by atoms with E-state index in [1.807, 2.05) is 20.8 Å². The minimum Gasteiger partial charge on any atom is -0.495 e. The number of carbonyl (C=O) groups excluding carboxylic acids is 2. The molecule has 2 N–H and O–H groups in total. The lowest BCUT2D eigenvalue weighted by molar-refractivity contribution is -0.118. The molecular formula is C33H34Cl2F2N4O3. The predicted molar refractivity (Wildman–Crippen MR) is 167 cm³/mol. The van der Waals surface area contributed by atoms with Crippen molar-refractivity contribution in [2.75, 3.05) is 26.5 Å².